The van der Waals surface area contributed by atoms with E-state index in [1.54, 1.807) is 6.07 Å². The number of aryl methyl sites for hydroxylation is 2. The lowest BCUT2D eigenvalue weighted by atomic mass is 10.0. The normalized spacial score (nSPS) is 11.4. The summed E-state index contributed by atoms with van der Waals surface area (Å²) in [6.07, 6.45) is 2.25. The van der Waals surface area contributed by atoms with Crippen LogP contribution < -0.4 is 10.0 Å². The van der Waals surface area contributed by atoms with Crippen molar-refractivity contribution in [1.29, 1.82) is 0 Å². The number of nitrogens with one attached hydrogen (secondary N) is 2. The summed E-state index contributed by atoms with van der Waals surface area (Å²) in [7, 11) is -2.05. The van der Waals surface area contributed by atoms with Crippen molar-refractivity contribution in [2.45, 2.75) is 25.2 Å². The molecule has 0 aliphatic heterocycles. The molecule has 5 nitrogen and oxygen atoms in total. The minimum absolute atomic E-state index is 0.162. The van der Waals surface area contributed by atoms with E-state index in [9.17, 15) is 8.42 Å². The first kappa shape index (κ1) is 16.5. The molecule has 1 aromatic carbocycles. The summed E-state index contributed by atoms with van der Waals surface area (Å²) in [6.45, 7) is 4.94. The molecule has 0 amide bonds. The van der Waals surface area contributed by atoms with E-state index in [1.165, 1.54) is 36.0 Å². The molecule has 0 bridgehead atoms. The zero-order valence-corrected chi connectivity index (χ0v) is 13.9. The average molecular weight is 319 g/mol. The van der Waals surface area contributed by atoms with Crippen LogP contribution in [0, 0.1) is 13.8 Å². The minimum atomic E-state index is -3.43. The van der Waals surface area contributed by atoms with Gasteiger partial charge in [0.25, 0.3) is 0 Å². The first-order valence-corrected chi connectivity index (χ1v) is 8.60. The van der Waals surface area contributed by atoms with Crippen LogP contribution in [0.2, 0.25) is 0 Å². The molecular weight excluding hydrogens is 298 g/mol. The maximum atomic E-state index is 11.6. The molecule has 1 heterocycles. The largest absolute Gasteiger partial charge is 0.370 e. The third-order valence-corrected chi connectivity index (χ3v) is 4.91. The fourth-order valence-electron chi connectivity index (χ4n) is 2.21. The molecule has 2 rings (SSSR count). The predicted molar refractivity (Wildman–Crippen MR) is 88.6 cm³/mol. The molecule has 0 spiro atoms. The summed E-state index contributed by atoms with van der Waals surface area (Å²) < 4.78 is 25.5. The van der Waals surface area contributed by atoms with Crippen molar-refractivity contribution in [3.63, 3.8) is 0 Å². The van der Waals surface area contributed by atoms with Gasteiger partial charge in [-0.05, 0) is 50.6 Å². The van der Waals surface area contributed by atoms with Crippen molar-refractivity contribution in [1.82, 2.24) is 9.71 Å². The minimum Gasteiger partial charge on any atom is -0.370 e. The van der Waals surface area contributed by atoms with Gasteiger partial charge in [0.1, 0.15) is 10.7 Å². The fourth-order valence-corrected chi connectivity index (χ4v) is 2.89. The van der Waals surface area contributed by atoms with Crippen LogP contribution in [0.15, 0.2) is 41.4 Å². The molecule has 0 aliphatic rings. The number of hydrogen-bond donors (Lipinski definition) is 2. The van der Waals surface area contributed by atoms with Gasteiger partial charge >= 0.3 is 0 Å². The van der Waals surface area contributed by atoms with Crippen LogP contribution in [0.1, 0.15) is 16.7 Å². The molecule has 0 saturated heterocycles. The van der Waals surface area contributed by atoms with Gasteiger partial charge in [-0.1, -0.05) is 23.8 Å². The van der Waals surface area contributed by atoms with E-state index in [0.717, 1.165) is 13.0 Å². The Morgan fingerprint density at radius 2 is 1.91 bits per heavy atom. The summed E-state index contributed by atoms with van der Waals surface area (Å²) in [6, 6.07) is 9.63. The first-order valence-electron chi connectivity index (χ1n) is 7.12. The third-order valence-electron chi connectivity index (χ3n) is 3.51. The molecule has 2 aromatic rings. The SMILES string of the molecule is CNS(=O)(=O)c1ccc(NCCc2ccc(C)cc2C)nc1. The highest BCUT2D eigenvalue weighted by Crippen LogP contribution is 2.13. The van der Waals surface area contributed by atoms with Crippen molar-refractivity contribution in [2.75, 3.05) is 18.9 Å². The maximum Gasteiger partial charge on any atom is 0.241 e. The second kappa shape index (κ2) is 6.89. The highest BCUT2D eigenvalue weighted by molar-refractivity contribution is 7.89. The highest BCUT2D eigenvalue weighted by atomic mass is 32.2. The predicted octanol–water partition coefficient (Wildman–Crippen LogP) is 2.26. The van der Waals surface area contributed by atoms with Crippen LogP contribution in [0.3, 0.4) is 0 Å². The van der Waals surface area contributed by atoms with Crippen LogP contribution in [0.25, 0.3) is 0 Å². The van der Waals surface area contributed by atoms with Crippen LogP contribution in [-0.2, 0) is 16.4 Å². The fraction of sp³-hybridized carbons (Fsp3) is 0.312. The van der Waals surface area contributed by atoms with Crippen LogP contribution >= 0.6 is 0 Å². The van der Waals surface area contributed by atoms with Gasteiger partial charge in [-0.2, -0.15) is 0 Å². The standard InChI is InChI=1S/C16H21N3O2S/c1-12-4-5-14(13(2)10-12)8-9-18-16-7-6-15(11-19-16)22(20,21)17-3/h4-7,10-11,17H,8-9H2,1-3H3,(H,18,19). The molecule has 0 saturated carbocycles. The summed E-state index contributed by atoms with van der Waals surface area (Å²) in [5.41, 5.74) is 3.84. The second-order valence-electron chi connectivity index (χ2n) is 5.19. The Kier molecular flexibility index (Phi) is 5.15. The summed E-state index contributed by atoms with van der Waals surface area (Å²) in [4.78, 5) is 4.29. The Balaban J connectivity index is 1.95. The molecular formula is C16H21N3O2S. The molecule has 118 valence electrons. The maximum absolute atomic E-state index is 11.6. The number of pyridine rings is 1. The van der Waals surface area contributed by atoms with Crippen molar-refractivity contribution < 1.29 is 8.42 Å². The Bertz CT molecular complexity index is 740. The van der Waals surface area contributed by atoms with E-state index < -0.39 is 10.0 Å². The van der Waals surface area contributed by atoms with Crippen LogP contribution in [-0.4, -0.2) is 27.0 Å². The van der Waals surface area contributed by atoms with E-state index in [4.69, 9.17) is 0 Å². The lowest BCUT2D eigenvalue weighted by Crippen LogP contribution is -2.18. The molecule has 0 atom stereocenters. The zero-order valence-electron chi connectivity index (χ0n) is 13.1. The molecule has 0 aliphatic carbocycles. The lowest BCUT2D eigenvalue weighted by Gasteiger charge is -2.09. The number of benzene rings is 1. The number of sulfonamides is 1. The van der Waals surface area contributed by atoms with Gasteiger partial charge in [-0.3, -0.25) is 0 Å². The van der Waals surface area contributed by atoms with Crippen molar-refractivity contribution in [3.05, 3.63) is 53.2 Å². The van der Waals surface area contributed by atoms with E-state index in [1.807, 2.05) is 0 Å². The van der Waals surface area contributed by atoms with E-state index in [0.29, 0.717) is 5.82 Å². The van der Waals surface area contributed by atoms with Crippen LogP contribution in [0.5, 0.6) is 0 Å². The zero-order chi connectivity index (χ0) is 16.2. The monoisotopic (exact) mass is 319 g/mol. The number of rotatable bonds is 6. The smallest absolute Gasteiger partial charge is 0.241 e. The molecule has 22 heavy (non-hydrogen) atoms. The molecule has 0 unspecified atom stereocenters. The van der Waals surface area contributed by atoms with Gasteiger partial charge in [0.2, 0.25) is 10.0 Å². The third kappa shape index (κ3) is 4.05. The number of hydrogen-bond acceptors (Lipinski definition) is 4. The Morgan fingerprint density at radius 1 is 1.14 bits per heavy atom. The number of anilines is 1. The quantitative estimate of drug-likeness (QED) is 0.857. The van der Waals surface area contributed by atoms with Crippen molar-refractivity contribution in [2.24, 2.45) is 0 Å². The van der Waals surface area contributed by atoms with Crippen LogP contribution in [0.4, 0.5) is 5.82 Å². The van der Waals surface area contributed by atoms with Gasteiger partial charge in [-0.25, -0.2) is 18.1 Å². The highest BCUT2D eigenvalue weighted by Gasteiger charge is 2.11. The van der Waals surface area contributed by atoms with Crippen molar-refractivity contribution in [3.8, 4) is 0 Å². The average Bonchev–Trinajstić information content (AvgIpc) is 2.50. The molecule has 6 heteroatoms. The topological polar surface area (TPSA) is 71.1 Å². The van der Waals surface area contributed by atoms with Gasteiger partial charge in [0.15, 0.2) is 0 Å². The number of aromatic nitrogens is 1. The molecule has 0 radical (unpaired) electrons. The van der Waals surface area contributed by atoms with Gasteiger partial charge in [0.05, 0.1) is 0 Å². The Morgan fingerprint density at radius 3 is 2.50 bits per heavy atom. The summed E-state index contributed by atoms with van der Waals surface area (Å²) >= 11 is 0. The number of nitrogens with zero attached hydrogens (tertiary/aromatic N) is 1. The van der Waals surface area contributed by atoms with E-state index in [2.05, 4.69) is 47.1 Å². The molecule has 2 N–H and O–H groups in total. The van der Waals surface area contributed by atoms with Gasteiger partial charge in [-0.15, -0.1) is 0 Å². The van der Waals surface area contributed by atoms with E-state index in [-0.39, 0.29) is 4.90 Å². The van der Waals surface area contributed by atoms with Gasteiger partial charge in [0, 0.05) is 12.7 Å². The summed E-state index contributed by atoms with van der Waals surface area (Å²) in [5, 5.41) is 3.21. The molecule has 0 fully saturated rings. The summed E-state index contributed by atoms with van der Waals surface area (Å²) in [5.74, 6) is 0.666. The second-order valence-corrected chi connectivity index (χ2v) is 7.08. The lowest BCUT2D eigenvalue weighted by molar-refractivity contribution is 0.588. The van der Waals surface area contributed by atoms with Gasteiger partial charge < -0.3 is 5.32 Å². The van der Waals surface area contributed by atoms with E-state index >= 15 is 0 Å². The molecule has 1 aromatic heterocycles. The Labute approximate surface area is 131 Å². The van der Waals surface area contributed by atoms with Crippen molar-refractivity contribution >= 4 is 15.8 Å². The Hall–Kier alpha value is -1.92. The first-order chi connectivity index (χ1) is 10.4.